The van der Waals surface area contributed by atoms with E-state index in [9.17, 15) is 5.11 Å². The van der Waals surface area contributed by atoms with Crippen molar-refractivity contribution in [3.8, 4) is 0 Å². The molecule has 2 aromatic carbocycles. The molecule has 0 spiro atoms. The summed E-state index contributed by atoms with van der Waals surface area (Å²) in [6, 6.07) is 17.9. The third-order valence-corrected chi connectivity index (χ3v) is 3.72. The van der Waals surface area contributed by atoms with Crippen molar-refractivity contribution in [1.82, 2.24) is 0 Å². The van der Waals surface area contributed by atoms with Gasteiger partial charge in [0, 0.05) is 5.69 Å². The van der Waals surface area contributed by atoms with Crippen LogP contribution in [0.25, 0.3) is 0 Å². The van der Waals surface area contributed by atoms with Gasteiger partial charge in [-0.1, -0.05) is 56.3 Å². The molecule has 2 aromatic rings. The summed E-state index contributed by atoms with van der Waals surface area (Å²) >= 11 is 0. The smallest absolute Gasteiger partial charge is 0.193 e. The molecule has 5 nitrogen and oxygen atoms in total. The number of aliphatic imine (C=N–C) groups is 1. The molecule has 0 aliphatic heterocycles. The zero-order valence-electron chi connectivity index (χ0n) is 14.9. The number of aliphatic hydroxyl groups excluding tert-OH is 1. The lowest BCUT2D eigenvalue weighted by molar-refractivity contribution is 0.0331. The second kappa shape index (κ2) is 9.81. The van der Waals surface area contributed by atoms with E-state index in [0.29, 0.717) is 12.5 Å². The van der Waals surface area contributed by atoms with E-state index in [4.69, 9.17) is 10.5 Å². The van der Waals surface area contributed by atoms with Gasteiger partial charge >= 0.3 is 0 Å². The minimum atomic E-state index is -0.689. The summed E-state index contributed by atoms with van der Waals surface area (Å²) in [6.45, 7) is 5.16. The lowest BCUT2D eigenvalue weighted by Gasteiger charge is -2.12. The van der Waals surface area contributed by atoms with Crippen LogP contribution in [0.15, 0.2) is 59.6 Å². The molecule has 0 amide bonds. The molecule has 0 saturated heterocycles. The average molecular weight is 341 g/mol. The minimum absolute atomic E-state index is 0.192. The first-order valence-corrected chi connectivity index (χ1v) is 8.51. The fourth-order valence-corrected chi connectivity index (χ4v) is 2.31. The van der Waals surface area contributed by atoms with Gasteiger partial charge in [0.25, 0.3) is 0 Å². The van der Waals surface area contributed by atoms with Gasteiger partial charge in [0.05, 0.1) is 25.9 Å². The first-order valence-electron chi connectivity index (χ1n) is 8.51. The second-order valence-electron chi connectivity index (χ2n) is 6.29. The highest BCUT2D eigenvalue weighted by Gasteiger charge is 2.05. The van der Waals surface area contributed by atoms with Crippen molar-refractivity contribution in [2.45, 2.75) is 32.5 Å². The molecule has 0 aliphatic rings. The molecule has 25 heavy (non-hydrogen) atoms. The average Bonchev–Trinajstić information content (AvgIpc) is 2.61. The number of benzene rings is 2. The van der Waals surface area contributed by atoms with Crippen molar-refractivity contribution in [1.29, 1.82) is 0 Å². The van der Waals surface area contributed by atoms with Gasteiger partial charge in [-0.2, -0.15) is 0 Å². The monoisotopic (exact) mass is 341 g/mol. The number of nitrogens with two attached hydrogens (primary N) is 1. The summed E-state index contributed by atoms with van der Waals surface area (Å²) < 4.78 is 5.49. The van der Waals surface area contributed by atoms with Crippen molar-refractivity contribution < 1.29 is 9.84 Å². The van der Waals surface area contributed by atoms with Crippen LogP contribution in [0.2, 0.25) is 0 Å². The van der Waals surface area contributed by atoms with Gasteiger partial charge in [0.1, 0.15) is 0 Å². The third-order valence-electron chi connectivity index (χ3n) is 3.72. The van der Waals surface area contributed by atoms with Gasteiger partial charge in [-0.25, -0.2) is 0 Å². The number of ether oxygens (including phenoxy) is 1. The molecule has 0 aromatic heterocycles. The molecule has 0 heterocycles. The van der Waals surface area contributed by atoms with Gasteiger partial charge < -0.3 is 20.9 Å². The van der Waals surface area contributed by atoms with Gasteiger partial charge in [0.2, 0.25) is 0 Å². The molecule has 0 saturated carbocycles. The summed E-state index contributed by atoms with van der Waals surface area (Å²) in [7, 11) is 0. The number of aliphatic hydroxyl groups is 1. The zero-order valence-corrected chi connectivity index (χ0v) is 14.9. The quantitative estimate of drug-likeness (QED) is 0.509. The van der Waals surface area contributed by atoms with E-state index in [1.807, 2.05) is 48.5 Å². The molecule has 5 heteroatoms. The van der Waals surface area contributed by atoms with Crippen molar-refractivity contribution in [2.24, 2.45) is 10.7 Å². The Hall–Kier alpha value is -2.37. The predicted octanol–water partition coefficient (Wildman–Crippen LogP) is 3.11. The second-order valence-corrected chi connectivity index (χ2v) is 6.29. The van der Waals surface area contributed by atoms with Gasteiger partial charge in [-0.3, -0.25) is 4.99 Å². The lowest BCUT2D eigenvalue weighted by atomic mass is 10.0. The molecular formula is C20H27N3O2. The maximum Gasteiger partial charge on any atom is 0.193 e. The molecule has 0 bridgehead atoms. The number of nitrogens with one attached hydrogen (secondary N) is 1. The van der Waals surface area contributed by atoms with E-state index in [2.05, 4.69) is 30.2 Å². The van der Waals surface area contributed by atoms with Gasteiger partial charge in [-0.05, 0) is 29.2 Å². The molecule has 134 valence electrons. The topological polar surface area (TPSA) is 79.9 Å². The van der Waals surface area contributed by atoms with Crippen LogP contribution in [0, 0.1) is 0 Å². The van der Waals surface area contributed by atoms with Gasteiger partial charge in [0.15, 0.2) is 5.96 Å². The number of rotatable bonds is 8. The summed E-state index contributed by atoms with van der Waals surface area (Å²) in [5.74, 6) is 0.728. The highest BCUT2D eigenvalue weighted by molar-refractivity contribution is 5.92. The van der Waals surface area contributed by atoms with Crippen LogP contribution in [-0.4, -0.2) is 30.3 Å². The van der Waals surface area contributed by atoms with Crippen LogP contribution in [0.5, 0.6) is 0 Å². The van der Waals surface area contributed by atoms with E-state index in [1.54, 1.807) is 0 Å². The fourth-order valence-electron chi connectivity index (χ4n) is 2.31. The first-order chi connectivity index (χ1) is 12.0. The maximum atomic E-state index is 9.94. The van der Waals surface area contributed by atoms with Crippen molar-refractivity contribution in [3.63, 3.8) is 0 Å². The van der Waals surface area contributed by atoms with Gasteiger partial charge in [-0.15, -0.1) is 0 Å². The minimum Gasteiger partial charge on any atom is -0.389 e. The van der Waals surface area contributed by atoms with E-state index in [1.165, 1.54) is 5.56 Å². The highest BCUT2D eigenvalue weighted by Crippen LogP contribution is 2.18. The molecule has 1 atom stereocenters. The van der Waals surface area contributed by atoms with Crippen LogP contribution in [0.1, 0.15) is 30.9 Å². The standard InChI is InChI=1S/C20H27N3O2/c1-15(2)17-9-6-10-18(11-17)23-20(21)22-12-19(24)14-25-13-16-7-4-3-5-8-16/h3-11,15,19,24H,12-14H2,1-2H3,(H3,21,22,23). The largest absolute Gasteiger partial charge is 0.389 e. The highest BCUT2D eigenvalue weighted by atomic mass is 16.5. The number of hydrogen-bond acceptors (Lipinski definition) is 3. The van der Waals surface area contributed by atoms with Crippen molar-refractivity contribution in [2.75, 3.05) is 18.5 Å². The lowest BCUT2D eigenvalue weighted by Crippen LogP contribution is -2.26. The van der Waals surface area contributed by atoms with Crippen molar-refractivity contribution in [3.05, 3.63) is 65.7 Å². The Kier molecular flexibility index (Phi) is 7.44. The van der Waals surface area contributed by atoms with E-state index in [0.717, 1.165) is 11.3 Å². The Balaban J connectivity index is 1.75. The first kappa shape index (κ1) is 19.0. The Labute approximate surface area is 149 Å². The van der Waals surface area contributed by atoms with Crippen LogP contribution in [-0.2, 0) is 11.3 Å². The molecule has 0 aliphatic carbocycles. The SMILES string of the molecule is CC(C)c1cccc(NC(N)=NCC(O)COCc2ccccc2)c1. The summed E-state index contributed by atoms with van der Waals surface area (Å²) in [5, 5.41) is 13.0. The number of anilines is 1. The molecule has 0 radical (unpaired) electrons. The molecular weight excluding hydrogens is 314 g/mol. The van der Waals surface area contributed by atoms with E-state index in [-0.39, 0.29) is 19.1 Å². The molecule has 0 fully saturated rings. The van der Waals surface area contributed by atoms with E-state index < -0.39 is 6.10 Å². The molecule has 2 rings (SSSR count). The Morgan fingerprint density at radius 1 is 1.16 bits per heavy atom. The number of hydrogen-bond donors (Lipinski definition) is 3. The van der Waals surface area contributed by atoms with Crippen molar-refractivity contribution >= 4 is 11.6 Å². The predicted molar refractivity (Wildman–Crippen MR) is 103 cm³/mol. The third kappa shape index (κ3) is 6.95. The summed E-state index contributed by atoms with van der Waals surface area (Å²) in [5.41, 5.74) is 9.08. The van der Waals surface area contributed by atoms with Crippen LogP contribution >= 0.6 is 0 Å². The summed E-state index contributed by atoms with van der Waals surface area (Å²) in [6.07, 6.45) is -0.689. The maximum absolute atomic E-state index is 9.94. The number of guanidine groups is 1. The zero-order chi connectivity index (χ0) is 18.1. The molecule has 4 N–H and O–H groups in total. The Morgan fingerprint density at radius 2 is 1.92 bits per heavy atom. The normalized spacial score (nSPS) is 13.0. The molecule has 1 unspecified atom stereocenters. The van der Waals surface area contributed by atoms with Crippen LogP contribution < -0.4 is 11.1 Å². The fraction of sp³-hybridized carbons (Fsp3) is 0.350. The number of nitrogens with zero attached hydrogens (tertiary/aromatic N) is 1. The summed E-state index contributed by atoms with van der Waals surface area (Å²) in [4.78, 5) is 4.17. The van der Waals surface area contributed by atoms with Crippen LogP contribution in [0.3, 0.4) is 0 Å². The van der Waals surface area contributed by atoms with E-state index >= 15 is 0 Å². The van der Waals surface area contributed by atoms with Crippen LogP contribution in [0.4, 0.5) is 5.69 Å². The Bertz CT molecular complexity index is 672. The Morgan fingerprint density at radius 3 is 2.64 bits per heavy atom.